The Morgan fingerprint density at radius 1 is 1.08 bits per heavy atom. The molecule has 9 nitrogen and oxygen atoms in total. The smallest absolute Gasteiger partial charge is 0.248 e. The van der Waals surface area contributed by atoms with E-state index in [-0.39, 0.29) is 29.7 Å². The van der Waals surface area contributed by atoms with Gasteiger partial charge in [0.1, 0.15) is 24.1 Å². The largest absolute Gasteiger partial charge is 0.387 e. The number of aliphatic hydroxyl groups excluding tert-OH is 1. The number of aromatic nitrogens is 4. The molecule has 3 N–H and O–H groups in total. The zero-order valence-electron chi connectivity index (χ0n) is 19.6. The average Bonchev–Trinajstić information content (AvgIpc) is 3.47. The van der Waals surface area contributed by atoms with Crippen LogP contribution in [0.15, 0.2) is 54.9 Å². The van der Waals surface area contributed by atoms with Gasteiger partial charge in [0, 0.05) is 40.9 Å². The molecule has 2 saturated heterocycles. The Bertz CT molecular complexity index is 1480. The van der Waals surface area contributed by atoms with Crippen molar-refractivity contribution in [3.05, 3.63) is 66.1 Å². The van der Waals surface area contributed by atoms with Gasteiger partial charge in [-0.3, -0.25) is 9.78 Å². The number of nitrogens with zero attached hydrogens (tertiary/aromatic N) is 6. The van der Waals surface area contributed by atoms with Crippen molar-refractivity contribution >= 4 is 17.4 Å². The van der Waals surface area contributed by atoms with Crippen molar-refractivity contribution in [1.29, 1.82) is 5.26 Å². The molecule has 1 amide bonds. The zero-order valence-corrected chi connectivity index (χ0v) is 19.6. The first kappa shape index (κ1) is 22.2. The molecular weight excluding hydrogens is 454 g/mol. The minimum Gasteiger partial charge on any atom is -0.387 e. The number of benzene rings is 1. The molecule has 2 fully saturated rings. The highest BCUT2D eigenvalue weighted by molar-refractivity contribution is 5.80. The van der Waals surface area contributed by atoms with Crippen LogP contribution in [-0.2, 0) is 4.79 Å². The van der Waals surface area contributed by atoms with Gasteiger partial charge >= 0.3 is 0 Å². The Morgan fingerprint density at radius 2 is 1.83 bits per heavy atom. The van der Waals surface area contributed by atoms with Crippen LogP contribution in [-0.4, -0.2) is 54.2 Å². The highest BCUT2D eigenvalue weighted by Gasteiger charge is 2.44. The van der Waals surface area contributed by atoms with Gasteiger partial charge in [-0.1, -0.05) is 36.4 Å². The van der Waals surface area contributed by atoms with E-state index in [1.165, 1.54) is 4.52 Å². The fraction of sp³-hybridized carbons (Fsp3) is 0.296. The lowest BCUT2D eigenvalue weighted by Gasteiger charge is -2.38. The first-order chi connectivity index (χ1) is 17.6. The van der Waals surface area contributed by atoms with Gasteiger partial charge in [-0.05, 0) is 31.7 Å². The third kappa shape index (κ3) is 3.49. The summed E-state index contributed by atoms with van der Waals surface area (Å²) in [5.41, 5.74) is 11.6. The molecule has 9 heteroatoms. The normalized spacial score (nSPS) is 21.0. The SMILES string of the molecule is N#Cc1c(C2C[C@H]3CC[C@@H](C2)N3C(=O)CO)nc2c(-c3ccc(-c4ccccc4)nc3)cnn2c1N. The second kappa shape index (κ2) is 8.73. The number of nitrogen functional groups attached to an aromatic ring is 1. The van der Waals surface area contributed by atoms with E-state index in [9.17, 15) is 15.2 Å². The molecule has 0 radical (unpaired) electrons. The van der Waals surface area contributed by atoms with Crippen LogP contribution in [0.4, 0.5) is 5.82 Å². The van der Waals surface area contributed by atoms with E-state index >= 15 is 0 Å². The number of hydrogen-bond donors (Lipinski definition) is 2. The van der Waals surface area contributed by atoms with Crippen molar-refractivity contribution in [2.45, 2.75) is 43.7 Å². The highest BCUT2D eigenvalue weighted by Crippen LogP contribution is 2.44. The predicted octanol–water partition coefficient (Wildman–Crippen LogP) is 3.14. The van der Waals surface area contributed by atoms with Crippen LogP contribution < -0.4 is 5.73 Å². The fourth-order valence-electron chi connectivity index (χ4n) is 5.87. The maximum atomic E-state index is 12.3. The van der Waals surface area contributed by atoms with Gasteiger partial charge < -0.3 is 15.7 Å². The number of amides is 1. The Labute approximate surface area is 207 Å². The number of carbonyl (C=O) groups is 1. The zero-order chi connectivity index (χ0) is 24.8. The number of pyridine rings is 1. The van der Waals surface area contributed by atoms with Gasteiger partial charge in [-0.2, -0.15) is 14.9 Å². The second-order valence-corrected chi connectivity index (χ2v) is 9.47. The van der Waals surface area contributed by atoms with Crippen LogP contribution in [0.25, 0.3) is 28.0 Å². The van der Waals surface area contributed by atoms with Crippen LogP contribution in [0.5, 0.6) is 0 Å². The van der Waals surface area contributed by atoms with Gasteiger partial charge in [-0.25, -0.2) is 4.98 Å². The molecule has 3 aromatic heterocycles. The number of carbonyl (C=O) groups excluding carboxylic acids is 1. The van der Waals surface area contributed by atoms with E-state index in [0.717, 1.165) is 35.2 Å². The van der Waals surface area contributed by atoms with E-state index < -0.39 is 6.61 Å². The number of piperidine rings is 1. The minimum atomic E-state index is -0.478. The summed E-state index contributed by atoms with van der Waals surface area (Å²) in [7, 11) is 0. The molecule has 1 aromatic carbocycles. The number of fused-ring (bicyclic) bond motifs is 3. The Balaban J connectivity index is 1.39. The summed E-state index contributed by atoms with van der Waals surface area (Å²) < 4.78 is 1.52. The maximum absolute atomic E-state index is 12.3. The van der Waals surface area contributed by atoms with Crippen LogP contribution >= 0.6 is 0 Å². The summed E-state index contributed by atoms with van der Waals surface area (Å²) >= 11 is 0. The van der Waals surface area contributed by atoms with Crippen LogP contribution in [0.2, 0.25) is 0 Å². The number of rotatable bonds is 4. The second-order valence-electron chi connectivity index (χ2n) is 9.47. The van der Waals surface area contributed by atoms with E-state index in [0.29, 0.717) is 29.7 Å². The van der Waals surface area contributed by atoms with Gasteiger partial charge in [-0.15, -0.1) is 0 Å². The molecule has 4 aromatic rings. The predicted molar refractivity (Wildman–Crippen MR) is 133 cm³/mol. The van der Waals surface area contributed by atoms with E-state index in [2.05, 4.69) is 16.2 Å². The molecular formula is C27H25N7O2. The molecule has 0 saturated carbocycles. The Kier molecular flexibility index (Phi) is 5.38. The Morgan fingerprint density at radius 3 is 2.47 bits per heavy atom. The number of nitrogens with two attached hydrogens (primary N) is 1. The number of nitriles is 1. The standard InChI is InChI=1S/C27H25N7O2/c28-12-21-25(18-10-19-7-8-20(11-18)33(19)24(36)15-35)32-27-22(14-31-34(27)26(21)29)17-6-9-23(30-13-17)16-4-2-1-3-5-16/h1-6,9,13-14,18-20,35H,7-8,10-11,15,29H2/t18?,19-,20+. The molecule has 2 aliphatic rings. The van der Waals surface area contributed by atoms with Crippen molar-refractivity contribution in [3.8, 4) is 28.5 Å². The third-order valence-corrected chi connectivity index (χ3v) is 7.51. The lowest BCUT2D eigenvalue weighted by atomic mass is 9.86. The first-order valence-electron chi connectivity index (χ1n) is 12.1. The van der Waals surface area contributed by atoms with Gasteiger partial charge in [0.25, 0.3) is 0 Å². The number of anilines is 1. The lowest BCUT2D eigenvalue weighted by Crippen LogP contribution is -2.47. The first-order valence-corrected chi connectivity index (χ1v) is 12.1. The molecule has 1 unspecified atom stereocenters. The van der Waals surface area contributed by atoms with E-state index in [4.69, 9.17) is 10.7 Å². The van der Waals surface area contributed by atoms with Gasteiger partial charge in [0.05, 0.1) is 17.6 Å². The summed E-state index contributed by atoms with van der Waals surface area (Å²) in [6, 6.07) is 16.2. The molecule has 180 valence electrons. The molecule has 3 atom stereocenters. The summed E-state index contributed by atoms with van der Waals surface area (Å²) in [6.07, 6.45) is 6.67. The molecule has 0 spiro atoms. The molecule has 36 heavy (non-hydrogen) atoms. The van der Waals surface area contributed by atoms with Crippen molar-refractivity contribution in [3.63, 3.8) is 0 Å². The number of aliphatic hydroxyl groups is 1. The van der Waals surface area contributed by atoms with Crippen molar-refractivity contribution < 1.29 is 9.90 Å². The molecule has 0 aliphatic carbocycles. The Hall–Kier alpha value is -4.29. The van der Waals surface area contributed by atoms with E-state index in [1.54, 1.807) is 12.4 Å². The topological polar surface area (TPSA) is 133 Å². The van der Waals surface area contributed by atoms with Gasteiger partial charge in [0.2, 0.25) is 5.91 Å². The average molecular weight is 480 g/mol. The summed E-state index contributed by atoms with van der Waals surface area (Å²) in [4.78, 5) is 23.7. The lowest BCUT2D eigenvalue weighted by molar-refractivity contribution is -0.138. The van der Waals surface area contributed by atoms with Crippen molar-refractivity contribution in [2.75, 3.05) is 12.3 Å². The fourth-order valence-corrected chi connectivity index (χ4v) is 5.87. The van der Waals surface area contributed by atoms with Crippen molar-refractivity contribution in [2.24, 2.45) is 0 Å². The highest BCUT2D eigenvalue weighted by atomic mass is 16.3. The van der Waals surface area contributed by atoms with Crippen LogP contribution in [0.1, 0.15) is 42.9 Å². The molecule has 2 aliphatic heterocycles. The summed E-state index contributed by atoms with van der Waals surface area (Å²) in [5.74, 6) is 0.0289. The van der Waals surface area contributed by atoms with Crippen LogP contribution in [0, 0.1) is 11.3 Å². The molecule has 5 heterocycles. The minimum absolute atomic E-state index is 0.00600. The van der Waals surface area contributed by atoms with Gasteiger partial charge in [0.15, 0.2) is 5.65 Å². The van der Waals surface area contributed by atoms with Crippen LogP contribution in [0.3, 0.4) is 0 Å². The van der Waals surface area contributed by atoms with E-state index in [1.807, 2.05) is 47.4 Å². The third-order valence-electron chi connectivity index (χ3n) is 7.51. The van der Waals surface area contributed by atoms with Crippen molar-refractivity contribution in [1.82, 2.24) is 24.5 Å². The summed E-state index contributed by atoms with van der Waals surface area (Å²) in [5, 5.41) is 23.8. The quantitative estimate of drug-likeness (QED) is 0.459. The molecule has 6 rings (SSSR count). The molecule has 2 bridgehead atoms. The number of hydrogen-bond acceptors (Lipinski definition) is 7. The maximum Gasteiger partial charge on any atom is 0.248 e. The summed E-state index contributed by atoms with van der Waals surface area (Å²) in [6.45, 7) is -0.478. The monoisotopic (exact) mass is 479 g/mol.